The van der Waals surface area contributed by atoms with Crippen LogP contribution in [-0.2, 0) is 11.3 Å². The fourth-order valence-corrected chi connectivity index (χ4v) is 2.31. The van der Waals surface area contributed by atoms with E-state index in [1.54, 1.807) is 12.3 Å². The minimum absolute atomic E-state index is 0.0406. The van der Waals surface area contributed by atoms with Crippen LogP contribution in [0.25, 0.3) is 10.9 Å². The number of likely N-dealkylation sites (N-methyl/N-ethyl adjacent to an activating group) is 1. The molecular weight excluding hydrogens is 269 g/mol. The first-order valence-electron chi connectivity index (χ1n) is 6.97. The first-order chi connectivity index (χ1) is 9.95. The molecular formula is C16H20FN3O. The van der Waals surface area contributed by atoms with Crippen molar-refractivity contribution in [2.75, 3.05) is 13.6 Å². The van der Waals surface area contributed by atoms with Gasteiger partial charge in [0, 0.05) is 24.2 Å². The Morgan fingerprint density at radius 1 is 1.43 bits per heavy atom. The lowest BCUT2D eigenvalue weighted by molar-refractivity contribution is -0.122. The fourth-order valence-electron chi connectivity index (χ4n) is 2.31. The largest absolute Gasteiger partial charge is 0.353 e. The lowest BCUT2D eigenvalue weighted by atomic mass is 10.1. The molecule has 1 aromatic heterocycles. The molecule has 1 N–H and O–H groups in total. The van der Waals surface area contributed by atoms with Gasteiger partial charge in [-0.05, 0) is 44.7 Å². The van der Waals surface area contributed by atoms with Crippen LogP contribution in [0.4, 0.5) is 4.39 Å². The molecule has 0 aliphatic carbocycles. The van der Waals surface area contributed by atoms with Crippen LogP contribution in [-0.4, -0.2) is 35.4 Å². The van der Waals surface area contributed by atoms with Crippen molar-refractivity contribution in [2.45, 2.75) is 26.4 Å². The predicted molar refractivity (Wildman–Crippen MR) is 81.3 cm³/mol. The van der Waals surface area contributed by atoms with Gasteiger partial charge in [-0.25, -0.2) is 4.39 Å². The van der Waals surface area contributed by atoms with Crippen LogP contribution in [0.15, 0.2) is 30.5 Å². The molecule has 1 aromatic carbocycles. The number of hydrogen-bond donors (Lipinski definition) is 1. The molecule has 0 atom stereocenters. The zero-order valence-electron chi connectivity index (χ0n) is 12.6. The molecule has 1 amide bonds. The van der Waals surface area contributed by atoms with Crippen molar-refractivity contribution in [3.63, 3.8) is 0 Å². The fraction of sp³-hybridized carbons (Fsp3) is 0.375. The number of carbonyl (C=O) groups excluding carboxylic acids is 1. The molecule has 0 saturated heterocycles. The second-order valence-corrected chi connectivity index (χ2v) is 5.53. The maximum absolute atomic E-state index is 13.7. The topological polar surface area (TPSA) is 45.2 Å². The summed E-state index contributed by atoms with van der Waals surface area (Å²) >= 11 is 0. The highest BCUT2D eigenvalue weighted by molar-refractivity contribution is 5.82. The molecule has 2 aromatic rings. The molecule has 1 heterocycles. The lowest BCUT2D eigenvalue weighted by Crippen LogP contribution is -2.38. The van der Waals surface area contributed by atoms with Gasteiger partial charge in [0.2, 0.25) is 5.91 Å². The van der Waals surface area contributed by atoms with Gasteiger partial charge in [-0.2, -0.15) is 0 Å². The standard InChI is InChI=1S/C16H20FN3O/c1-11(2)19-15(21)10-20(3)9-13-8-14(17)7-12-5-4-6-18-16(12)13/h4-8,11H,9-10H2,1-3H3,(H,19,21). The van der Waals surface area contributed by atoms with E-state index in [2.05, 4.69) is 10.3 Å². The van der Waals surface area contributed by atoms with Gasteiger partial charge >= 0.3 is 0 Å². The summed E-state index contributed by atoms with van der Waals surface area (Å²) in [5.74, 6) is -0.327. The first-order valence-corrected chi connectivity index (χ1v) is 6.97. The highest BCUT2D eigenvalue weighted by Gasteiger charge is 2.11. The third-order valence-corrected chi connectivity index (χ3v) is 3.05. The van der Waals surface area contributed by atoms with E-state index in [-0.39, 0.29) is 24.3 Å². The number of nitrogens with zero attached hydrogens (tertiary/aromatic N) is 2. The monoisotopic (exact) mass is 289 g/mol. The van der Waals surface area contributed by atoms with Crippen molar-refractivity contribution in [2.24, 2.45) is 0 Å². The smallest absolute Gasteiger partial charge is 0.234 e. The van der Waals surface area contributed by atoms with Gasteiger partial charge in [-0.1, -0.05) is 6.07 Å². The van der Waals surface area contributed by atoms with E-state index in [1.807, 2.05) is 31.9 Å². The van der Waals surface area contributed by atoms with E-state index < -0.39 is 0 Å². The molecule has 5 heteroatoms. The van der Waals surface area contributed by atoms with Crippen molar-refractivity contribution in [3.05, 3.63) is 41.8 Å². The molecule has 4 nitrogen and oxygen atoms in total. The number of aromatic nitrogens is 1. The molecule has 0 spiro atoms. The number of amides is 1. The number of pyridine rings is 1. The van der Waals surface area contributed by atoms with Crippen molar-refractivity contribution in [3.8, 4) is 0 Å². The van der Waals surface area contributed by atoms with Gasteiger partial charge in [0.05, 0.1) is 12.1 Å². The van der Waals surface area contributed by atoms with E-state index in [9.17, 15) is 9.18 Å². The average molecular weight is 289 g/mol. The Bertz CT molecular complexity index is 642. The zero-order chi connectivity index (χ0) is 15.4. The molecule has 0 bridgehead atoms. The zero-order valence-corrected chi connectivity index (χ0v) is 12.6. The van der Waals surface area contributed by atoms with E-state index in [4.69, 9.17) is 0 Å². The Labute approximate surface area is 124 Å². The average Bonchev–Trinajstić information content (AvgIpc) is 2.37. The minimum Gasteiger partial charge on any atom is -0.353 e. The molecule has 0 fully saturated rings. The summed E-state index contributed by atoms with van der Waals surface area (Å²) in [7, 11) is 1.83. The summed E-state index contributed by atoms with van der Waals surface area (Å²) in [6.07, 6.45) is 1.69. The number of halogens is 1. The van der Waals surface area contributed by atoms with Crippen molar-refractivity contribution in [1.29, 1.82) is 0 Å². The molecule has 21 heavy (non-hydrogen) atoms. The molecule has 0 aliphatic rings. The lowest BCUT2D eigenvalue weighted by Gasteiger charge is -2.18. The van der Waals surface area contributed by atoms with E-state index >= 15 is 0 Å². The number of carbonyl (C=O) groups is 1. The summed E-state index contributed by atoms with van der Waals surface area (Å²) in [6.45, 7) is 4.57. The second-order valence-electron chi connectivity index (χ2n) is 5.53. The number of nitrogens with one attached hydrogen (secondary N) is 1. The molecule has 0 saturated carbocycles. The SMILES string of the molecule is CC(C)NC(=O)CN(C)Cc1cc(F)cc2cccnc12. The first kappa shape index (κ1) is 15.4. The molecule has 2 rings (SSSR count). The highest BCUT2D eigenvalue weighted by Crippen LogP contribution is 2.19. The molecule has 112 valence electrons. The number of benzene rings is 1. The van der Waals surface area contributed by atoms with Crippen LogP contribution in [0, 0.1) is 5.82 Å². The maximum atomic E-state index is 13.7. The quantitative estimate of drug-likeness (QED) is 0.919. The Morgan fingerprint density at radius 2 is 2.19 bits per heavy atom. The summed E-state index contributed by atoms with van der Waals surface area (Å²) in [6, 6.07) is 6.68. The van der Waals surface area contributed by atoms with E-state index in [0.717, 1.165) is 16.5 Å². The van der Waals surface area contributed by atoms with E-state index in [1.165, 1.54) is 12.1 Å². The van der Waals surface area contributed by atoms with Crippen LogP contribution in [0.1, 0.15) is 19.4 Å². The van der Waals surface area contributed by atoms with Gasteiger partial charge < -0.3 is 5.32 Å². The van der Waals surface area contributed by atoms with Gasteiger partial charge in [-0.3, -0.25) is 14.7 Å². The summed E-state index contributed by atoms with van der Waals surface area (Å²) in [4.78, 5) is 17.9. The predicted octanol–water partition coefficient (Wildman–Crippen LogP) is 2.33. The van der Waals surface area contributed by atoms with Crippen LogP contribution in [0.5, 0.6) is 0 Å². The Kier molecular flexibility index (Phi) is 4.85. The van der Waals surface area contributed by atoms with Crippen LogP contribution in [0.2, 0.25) is 0 Å². The summed E-state index contributed by atoms with van der Waals surface area (Å²) < 4.78 is 13.7. The molecule has 0 unspecified atom stereocenters. The normalized spacial score (nSPS) is 11.3. The second kappa shape index (κ2) is 6.63. The number of fused-ring (bicyclic) bond motifs is 1. The number of hydrogen-bond acceptors (Lipinski definition) is 3. The van der Waals surface area contributed by atoms with Crippen LogP contribution >= 0.6 is 0 Å². The van der Waals surface area contributed by atoms with Crippen molar-refractivity contribution >= 4 is 16.8 Å². The van der Waals surface area contributed by atoms with Crippen LogP contribution in [0.3, 0.4) is 0 Å². The van der Waals surface area contributed by atoms with Gasteiger partial charge in [0.25, 0.3) is 0 Å². The Hall–Kier alpha value is -2.01. The Morgan fingerprint density at radius 3 is 2.90 bits per heavy atom. The molecule has 0 radical (unpaired) electrons. The summed E-state index contributed by atoms with van der Waals surface area (Å²) in [5, 5.41) is 3.61. The molecule has 0 aliphatic heterocycles. The highest BCUT2D eigenvalue weighted by atomic mass is 19.1. The third kappa shape index (κ3) is 4.23. The summed E-state index contributed by atoms with van der Waals surface area (Å²) in [5.41, 5.74) is 1.56. The number of rotatable bonds is 5. The minimum atomic E-state index is -0.287. The third-order valence-electron chi connectivity index (χ3n) is 3.05. The van der Waals surface area contributed by atoms with Crippen molar-refractivity contribution in [1.82, 2.24) is 15.2 Å². The van der Waals surface area contributed by atoms with Gasteiger partial charge in [0.15, 0.2) is 0 Å². The Balaban J connectivity index is 2.14. The maximum Gasteiger partial charge on any atom is 0.234 e. The van der Waals surface area contributed by atoms with Gasteiger partial charge in [-0.15, -0.1) is 0 Å². The van der Waals surface area contributed by atoms with E-state index in [0.29, 0.717) is 6.54 Å². The van der Waals surface area contributed by atoms with Gasteiger partial charge in [0.1, 0.15) is 5.82 Å². The van der Waals surface area contributed by atoms with Crippen LogP contribution < -0.4 is 5.32 Å². The van der Waals surface area contributed by atoms with Crippen molar-refractivity contribution < 1.29 is 9.18 Å².